The first-order valence-corrected chi connectivity index (χ1v) is 7.93. The van der Waals surface area contributed by atoms with Crippen LogP contribution in [0.15, 0.2) is 36.8 Å². The third-order valence-electron chi connectivity index (χ3n) is 3.54. The molecule has 31 heavy (non-hydrogen) atoms. The molecule has 3 aromatic rings. The van der Waals surface area contributed by atoms with Gasteiger partial charge in [0.1, 0.15) is 6.33 Å². The Labute approximate surface area is 173 Å². The molecule has 2 heterocycles. The molecule has 0 saturated carbocycles. The van der Waals surface area contributed by atoms with E-state index in [2.05, 4.69) is 30.3 Å². The van der Waals surface area contributed by atoms with Crippen LogP contribution in [0.5, 0.6) is 5.75 Å². The second-order valence-corrected chi connectivity index (χ2v) is 5.61. The molecular formula is C16H11F6N7O2. The van der Waals surface area contributed by atoms with Crippen molar-refractivity contribution in [3.8, 4) is 17.1 Å². The fraction of sp³-hybridized carbons (Fsp3) is 0.188. The maximum Gasteiger partial charge on any atom is 0.573 e. The number of amides is 1. The van der Waals surface area contributed by atoms with Gasteiger partial charge in [0.2, 0.25) is 0 Å². The summed E-state index contributed by atoms with van der Waals surface area (Å²) in [5.41, 5.74) is -1.45. The van der Waals surface area contributed by atoms with E-state index < -0.39 is 53.2 Å². The number of aromatic nitrogens is 5. The number of halogens is 6. The lowest BCUT2D eigenvalue weighted by atomic mass is 10.1. The number of ether oxygens (including phenoxy) is 1. The largest absolute Gasteiger partial charge is 0.573 e. The summed E-state index contributed by atoms with van der Waals surface area (Å²) in [5.74, 6) is -2.65. The van der Waals surface area contributed by atoms with Gasteiger partial charge in [-0.15, -0.1) is 36.5 Å². The predicted molar refractivity (Wildman–Crippen MR) is 92.1 cm³/mol. The lowest BCUT2D eigenvalue weighted by Gasteiger charge is -2.16. The van der Waals surface area contributed by atoms with Gasteiger partial charge in [-0.3, -0.25) is 4.79 Å². The number of carbonyl (C=O) groups excluding carboxylic acids is 1. The molecule has 0 aliphatic heterocycles. The fourth-order valence-corrected chi connectivity index (χ4v) is 2.30. The first kappa shape index (κ1) is 17.9. The zero-order chi connectivity index (χ0) is 25.3. The summed E-state index contributed by atoms with van der Waals surface area (Å²) in [6.45, 7) is -2.88. The van der Waals surface area contributed by atoms with E-state index in [0.29, 0.717) is 6.33 Å². The summed E-state index contributed by atoms with van der Waals surface area (Å²) in [7, 11) is 0. The topological polar surface area (TPSA) is 107 Å². The van der Waals surface area contributed by atoms with Gasteiger partial charge in [-0.25, -0.2) is 4.98 Å². The van der Waals surface area contributed by atoms with Crippen molar-refractivity contribution in [2.75, 3.05) is 12.3 Å². The molecule has 3 rings (SSSR count). The van der Waals surface area contributed by atoms with Gasteiger partial charge in [0.15, 0.2) is 17.3 Å². The third kappa shape index (κ3) is 5.18. The van der Waals surface area contributed by atoms with Crippen molar-refractivity contribution in [3.63, 3.8) is 0 Å². The third-order valence-corrected chi connectivity index (χ3v) is 3.54. The molecule has 0 fully saturated rings. The van der Waals surface area contributed by atoms with E-state index in [1.165, 1.54) is 0 Å². The van der Waals surface area contributed by atoms with E-state index in [0.717, 1.165) is 30.5 Å². The van der Waals surface area contributed by atoms with Crippen molar-refractivity contribution < 1.29 is 40.0 Å². The summed E-state index contributed by atoms with van der Waals surface area (Å²) in [6, 6.07) is 3.94. The normalized spacial score (nSPS) is 13.7. The molecule has 1 amide bonds. The van der Waals surface area contributed by atoms with Gasteiger partial charge in [0.05, 0.1) is 17.6 Å². The van der Waals surface area contributed by atoms with Crippen LogP contribution in [0.3, 0.4) is 0 Å². The lowest BCUT2D eigenvalue weighted by molar-refractivity contribution is -0.274. The smallest absolute Gasteiger partial charge is 0.404 e. The Morgan fingerprint density at radius 1 is 1.16 bits per heavy atom. The van der Waals surface area contributed by atoms with Crippen molar-refractivity contribution in [2.24, 2.45) is 0 Å². The second-order valence-electron chi connectivity index (χ2n) is 5.61. The molecule has 0 atom stereocenters. The van der Waals surface area contributed by atoms with Crippen LogP contribution < -0.4 is 15.4 Å². The molecule has 2 N–H and O–H groups in total. The van der Waals surface area contributed by atoms with Gasteiger partial charge < -0.3 is 15.4 Å². The number of nitrogens with zero attached hydrogens (tertiary/aromatic N) is 5. The van der Waals surface area contributed by atoms with E-state index in [9.17, 15) is 31.1 Å². The molecule has 0 unspecified atom stereocenters. The number of alkyl halides is 6. The Bertz CT molecular complexity index is 1200. The quantitative estimate of drug-likeness (QED) is 0.575. The Morgan fingerprint density at radius 3 is 2.58 bits per heavy atom. The summed E-state index contributed by atoms with van der Waals surface area (Å²) in [5, 5.41) is 14.2. The number of carbonyl (C=O) groups is 1. The Morgan fingerprint density at radius 2 is 1.94 bits per heavy atom. The van der Waals surface area contributed by atoms with Crippen molar-refractivity contribution >= 4 is 17.3 Å². The maximum atomic E-state index is 13.0. The average molecular weight is 450 g/mol. The van der Waals surface area contributed by atoms with Crippen LogP contribution in [0, 0.1) is 0 Å². The van der Waals surface area contributed by atoms with Crippen LogP contribution in [0.25, 0.3) is 11.4 Å². The van der Waals surface area contributed by atoms with Crippen LogP contribution in [-0.4, -0.2) is 44.2 Å². The lowest BCUT2D eigenvalue weighted by Crippen LogP contribution is -2.21. The van der Waals surface area contributed by atoms with E-state index in [4.69, 9.17) is 4.11 Å². The van der Waals surface area contributed by atoms with Crippen molar-refractivity contribution in [2.45, 2.75) is 12.7 Å². The van der Waals surface area contributed by atoms with E-state index in [-0.39, 0.29) is 11.3 Å². The highest BCUT2D eigenvalue weighted by atomic mass is 19.4. The number of rotatable bonds is 5. The Kier molecular flexibility index (Phi) is 4.67. The minimum absolute atomic E-state index is 0.240. The number of hydrogen-bond acceptors (Lipinski definition) is 7. The SMILES string of the molecule is [2H]C([2H])([2H])NC(=O)c1nnccc1Nc1ccc(-c2ncn(C(F)(F)F)n2)cc1OC(F)(F)F. The highest BCUT2D eigenvalue weighted by Crippen LogP contribution is 2.36. The Balaban J connectivity index is 1.99. The van der Waals surface area contributed by atoms with Crippen LogP contribution in [-0.2, 0) is 6.30 Å². The number of hydrogen-bond donors (Lipinski definition) is 2. The molecule has 0 saturated heterocycles. The zero-order valence-electron chi connectivity index (χ0n) is 17.8. The molecule has 0 spiro atoms. The predicted octanol–water partition coefficient (Wildman–Crippen LogP) is 3.21. The van der Waals surface area contributed by atoms with Crippen LogP contribution in [0.2, 0.25) is 0 Å². The van der Waals surface area contributed by atoms with Crippen LogP contribution in [0.4, 0.5) is 37.7 Å². The minimum atomic E-state index is -5.20. The number of nitrogens with one attached hydrogen (secondary N) is 2. The second kappa shape index (κ2) is 8.08. The molecule has 0 aliphatic carbocycles. The molecule has 15 heteroatoms. The molecule has 2 aromatic heterocycles. The summed E-state index contributed by atoms with van der Waals surface area (Å²) < 4.78 is 102. The average Bonchev–Trinajstić information content (AvgIpc) is 3.18. The van der Waals surface area contributed by atoms with Crippen molar-refractivity contribution in [1.29, 1.82) is 0 Å². The van der Waals surface area contributed by atoms with Gasteiger partial charge in [-0.05, 0) is 24.3 Å². The summed E-state index contributed by atoms with van der Waals surface area (Å²) in [6.07, 6.45) is -8.69. The molecule has 164 valence electrons. The van der Waals surface area contributed by atoms with E-state index in [1.54, 1.807) is 5.32 Å². The molecule has 1 aromatic carbocycles. The molecular weight excluding hydrogens is 436 g/mol. The standard InChI is InChI=1S/C16H11F6N7O2/c1-23-14(30)12-10(4-5-25-27-12)26-9-3-2-8(6-11(9)31-16(20,21)22)13-24-7-29(28-13)15(17,18)19/h2-7H,1H3,(H,23,30)(H,25,26)/i1D3. The summed E-state index contributed by atoms with van der Waals surface area (Å²) in [4.78, 5) is 15.6. The highest BCUT2D eigenvalue weighted by Gasteiger charge is 2.34. The molecule has 0 bridgehead atoms. The van der Waals surface area contributed by atoms with Gasteiger partial charge in [-0.1, -0.05) is 0 Å². The minimum Gasteiger partial charge on any atom is -0.404 e. The fourth-order valence-electron chi connectivity index (χ4n) is 2.30. The van der Waals surface area contributed by atoms with Crippen LogP contribution >= 0.6 is 0 Å². The van der Waals surface area contributed by atoms with Gasteiger partial charge in [0.25, 0.3) is 5.91 Å². The monoisotopic (exact) mass is 450 g/mol. The van der Waals surface area contributed by atoms with Gasteiger partial charge >= 0.3 is 12.7 Å². The molecule has 0 radical (unpaired) electrons. The van der Waals surface area contributed by atoms with Gasteiger partial charge in [-0.2, -0.15) is 9.78 Å². The first-order chi connectivity index (χ1) is 15.6. The van der Waals surface area contributed by atoms with E-state index in [1.807, 2.05) is 0 Å². The molecule has 9 nitrogen and oxygen atoms in total. The zero-order valence-corrected chi connectivity index (χ0v) is 14.8. The highest BCUT2D eigenvalue weighted by molar-refractivity contribution is 5.98. The van der Waals surface area contributed by atoms with E-state index >= 15 is 0 Å². The number of anilines is 2. The Hall–Kier alpha value is -3.91. The summed E-state index contributed by atoms with van der Waals surface area (Å²) >= 11 is 0. The van der Waals surface area contributed by atoms with Crippen molar-refractivity contribution in [1.82, 2.24) is 30.3 Å². The van der Waals surface area contributed by atoms with Crippen molar-refractivity contribution in [3.05, 3.63) is 42.5 Å². The van der Waals surface area contributed by atoms with Crippen LogP contribution in [0.1, 0.15) is 14.6 Å². The molecule has 0 aliphatic rings. The first-order valence-electron chi connectivity index (χ1n) is 9.43. The van der Waals surface area contributed by atoms with Gasteiger partial charge in [0, 0.05) is 16.7 Å². The number of benzene rings is 1. The maximum absolute atomic E-state index is 13.0.